The monoisotopic (exact) mass is 578 g/mol. The number of hydrogen-bond acceptors (Lipinski definition) is 3. The number of ether oxygens (including phenoxy) is 1. The van der Waals surface area contributed by atoms with Crippen LogP contribution < -0.4 is 4.74 Å². The molecule has 2 amide bonds. The van der Waals surface area contributed by atoms with Crippen LogP contribution in [0.2, 0.25) is 5.02 Å². The number of halogens is 4. The second-order valence-electron chi connectivity index (χ2n) is 11.8. The molecule has 0 unspecified atom stereocenters. The number of likely N-dealkylation sites (tertiary alicyclic amines) is 2. The number of piperidine rings is 1. The summed E-state index contributed by atoms with van der Waals surface area (Å²) in [7, 11) is 0. The fourth-order valence-electron chi connectivity index (χ4n) is 5.68. The molecule has 2 aliphatic heterocycles. The molecule has 2 aromatic carbocycles. The summed E-state index contributed by atoms with van der Waals surface area (Å²) in [6.45, 7) is 6.96. The first-order valence-corrected chi connectivity index (χ1v) is 14.4. The van der Waals surface area contributed by atoms with Gasteiger partial charge in [0.05, 0.1) is 17.2 Å². The van der Waals surface area contributed by atoms with Gasteiger partial charge in [-0.25, -0.2) is 0 Å². The molecule has 218 valence electrons. The Kier molecular flexibility index (Phi) is 9.70. The van der Waals surface area contributed by atoms with Gasteiger partial charge in [0.15, 0.2) is 5.92 Å². The Balaban J connectivity index is 1.17. The Hall–Kier alpha value is -2.74. The Morgan fingerprint density at radius 3 is 2.33 bits per heavy atom. The van der Waals surface area contributed by atoms with Gasteiger partial charge in [0, 0.05) is 26.2 Å². The highest BCUT2D eigenvalue weighted by Gasteiger charge is 2.47. The van der Waals surface area contributed by atoms with Crippen molar-refractivity contribution >= 4 is 23.4 Å². The fourth-order valence-corrected chi connectivity index (χ4v) is 5.93. The smallest absolute Gasteiger partial charge is 0.404 e. The maximum absolute atomic E-state index is 13.7. The van der Waals surface area contributed by atoms with E-state index in [1.54, 1.807) is 24.3 Å². The molecule has 5 nitrogen and oxygen atoms in total. The van der Waals surface area contributed by atoms with E-state index in [1.165, 1.54) is 29.2 Å². The summed E-state index contributed by atoms with van der Waals surface area (Å²) >= 11 is 6.41. The SMILES string of the molecule is CC1(C)CCN(C(=O)c2ccc(OCCCCC3CCN(C(=O)[C@H](c4ccccc4)C(F)(F)F)CC3)cc2Cl)C1. The summed E-state index contributed by atoms with van der Waals surface area (Å²) in [5.41, 5.74) is 0.597. The van der Waals surface area contributed by atoms with Crippen LogP contribution in [0.15, 0.2) is 48.5 Å². The number of benzene rings is 2. The number of carbonyl (C=O) groups is 2. The van der Waals surface area contributed by atoms with E-state index in [2.05, 4.69) is 13.8 Å². The van der Waals surface area contributed by atoms with Crippen molar-refractivity contribution in [3.05, 3.63) is 64.7 Å². The van der Waals surface area contributed by atoms with Gasteiger partial charge in [0.1, 0.15) is 5.75 Å². The molecular weight excluding hydrogens is 541 g/mol. The molecular formula is C31H38ClF3N2O3. The van der Waals surface area contributed by atoms with Gasteiger partial charge in [-0.3, -0.25) is 9.59 Å². The minimum atomic E-state index is -4.62. The number of hydrogen-bond donors (Lipinski definition) is 0. The zero-order valence-electron chi connectivity index (χ0n) is 23.2. The van der Waals surface area contributed by atoms with Crippen LogP contribution in [0.3, 0.4) is 0 Å². The molecule has 0 spiro atoms. The van der Waals surface area contributed by atoms with E-state index in [4.69, 9.17) is 16.3 Å². The highest BCUT2D eigenvalue weighted by Crippen LogP contribution is 2.37. The number of carbonyl (C=O) groups excluding carboxylic acids is 2. The zero-order valence-corrected chi connectivity index (χ0v) is 23.9. The van der Waals surface area contributed by atoms with Crippen molar-refractivity contribution in [3.63, 3.8) is 0 Å². The first kappa shape index (κ1) is 30.2. The average Bonchev–Trinajstić information content (AvgIpc) is 3.28. The molecule has 2 heterocycles. The van der Waals surface area contributed by atoms with Crippen molar-refractivity contribution in [2.75, 3.05) is 32.8 Å². The van der Waals surface area contributed by atoms with Crippen molar-refractivity contribution in [2.45, 2.75) is 64.5 Å². The van der Waals surface area contributed by atoms with Gasteiger partial charge in [-0.05, 0) is 67.2 Å². The third kappa shape index (κ3) is 7.71. The van der Waals surface area contributed by atoms with Gasteiger partial charge in [-0.1, -0.05) is 62.2 Å². The maximum atomic E-state index is 13.7. The molecule has 2 saturated heterocycles. The minimum absolute atomic E-state index is 0.0136. The van der Waals surface area contributed by atoms with E-state index in [9.17, 15) is 22.8 Å². The van der Waals surface area contributed by atoms with Crippen LogP contribution in [-0.4, -0.2) is 60.6 Å². The quantitative estimate of drug-likeness (QED) is 0.292. The van der Waals surface area contributed by atoms with Crippen LogP contribution in [0.25, 0.3) is 0 Å². The third-order valence-corrected chi connectivity index (χ3v) is 8.36. The lowest BCUT2D eigenvalue weighted by Gasteiger charge is -2.35. The summed E-state index contributed by atoms with van der Waals surface area (Å²) in [6.07, 6.45) is 0.430. The Morgan fingerprint density at radius 2 is 1.73 bits per heavy atom. The van der Waals surface area contributed by atoms with Crippen LogP contribution in [-0.2, 0) is 4.79 Å². The molecule has 40 heavy (non-hydrogen) atoms. The molecule has 1 atom stereocenters. The van der Waals surface area contributed by atoms with E-state index in [0.717, 1.165) is 38.8 Å². The van der Waals surface area contributed by atoms with E-state index in [0.29, 0.717) is 54.8 Å². The summed E-state index contributed by atoms with van der Waals surface area (Å²) in [6, 6.07) is 12.6. The van der Waals surface area contributed by atoms with Crippen LogP contribution in [0.1, 0.15) is 74.2 Å². The predicted octanol–water partition coefficient (Wildman–Crippen LogP) is 7.35. The molecule has 0 radical (unpaired) electrons. The molecule has 0 bridgehead atoms. The highest BCUT2D eigenvalue weighted by molar-refractivity contribution is 6.34. The molecule has 0 saturated carbocycles. The summed E-state index contributed by atoms with van der Waals surface area (Å²) in [4.78, 5) is 28.9. The van der Waals surface area contributed by atoms with Gasteiger partial charge >= 0.3 is 6.18 Å². The third-order valence-electron chi connectivity index (χ3n) is 8.04. The zero-order chi connectivity index (χ0) is 28.9. The fraction of sp³-hybridized carbons (Fsp3) is 0.548. The first-order valence-electron chi connectivity index (χ1n) is 14.1. The van der Waals surface area contributed by atoms with Crippen molar-refractivity contribution in [1.29, 1.82) is 0 Å². The predicted molar refractivity (Wildman–Crippen MR) is 150 cm³/mol. The molecule has 0 aliphatic carbocycles. The molecule has 2 aliphatic rings. The van der Waals surface area contributed by atoms with Crippen molar-refractivity contribution in [1.82, 2.24) is 9.80 Å². The lowest BCUT2D eigenvalue weighted by Crippen LogP contribution is -2.44. The number of rotatable bonds is 9. The van der Waals surface area contributed by atoms with E-state index >= 15 is 0 Å². The Bertz CT molecular complexity index is 1160. The number of alkyl halides is 3. The van der Waals surface area contributed by atoms with E-state index < -0.39 is 18.0 Å². The average molecular weight is 579 g/mol. The molecule has 2 fully saturated rings. The minimum Gasteiger partial charge on any atom is -0.494 e. The summed E-state index contributed by atoms with van der Waals surface area (Å²) in [5.74, 6) is -2.03. The van der Waals surface area contributed by atoms with E-state index in [1.807, 2.05) is 4.90 Å². The molecule has 4 rings (SSSR count). The summed E-state index contributed by atoms with van der Waals surface area (Å²) in [5, 5.41) is 0.383. The molecule has 9 heteroatoms. The van der Waals surface area contributed by atoms with Crippen LogP contribution >= 0.6 is 11.6 Å². The second-order valence-corrected chi connectivity index (χ2v) is 12.2. The molecule has 0 aromatic heterocycles. The lowest BCUT2D eigenvalue weighted by atomic mass is 9.90. The number of unbranched alkanes of at least 4 members (excludes halogenated alkanes) is 1. The van der Waals surface area contributed by atoms with E-state index in [-0.39, 0.29) is 16.9 Å². The highest BCUT2D eigenvalue weighted by atomic mass is 35.5. The van der Waals surface area contributed by atoms with Gasteiger partial charge in [-0.15, -0.1) is 0 Å². The largest absolute Gasteiger partial charge is 0.494 e. The van der Waals surface area contributed by atoms with Crippen molar-refractivity contribution < 1.29 is 27.5 Å². The normalized spacial score (nSPS) is 18.6. The number of nitrogens with zero attached hydrogens (tertiary/aromatic N) is 2. The van der Waals surface area contributed by atoms with Crippen molar-refractivity contribution in [3.8, 4) is 5.75 Å². The van der Waals surface area contributed by atoms with Gasteiger partial charge < -0.3 is 14.5 Å². The second kappa shape index (κ2) is 12.8. The van der Waals surface area contributed by atoms with Gasteiger partial charge in [0.2, 0.25) is 5.91 Å². The van der Waals surface area contributed by atoms with Crippen molar-refractivity contribution in [2.24, 2.45) is 11.3 Å². The van der Waals surface area contributed by atoms with Crippen LogP contribution in [0, 0.1) is 11.3 Å². The summed E-state index contributed by atoms with van der Waals surface area (Å²) < 4.78 is 47.0. The van der Waals surface area contributed by atoms with Crippen LogP contribution in [0.5, 0.6) is 5.75 Å². The Morgan fingerprint density at radius 1 is 1.02 bits per heavy atom. The van der Waals surface area contributed by atoms with Gasteiger partial charge in [-0.2, -0.15) is 13.2 Å². The number of amides is 2. The van der Waals surface area contributed by atoms with Crippen LogP contribution in [0.4, 0.5) is 13.2 Å². The topological polar surface area (TPSA) is 49.9 Å². The molecule has 2 aromatic rings. The first-order chi connectivity index (χ1) is 18.9. The van der Waals surface area contributed by atoms with Gasteiger partial charge in [0.25, 0.3) is 5.91 Å². The standard InChI is InChI=1S/C31H38ClF3N2O3/c1-30(2)15-18-37(21-30)28(38)25-12-11-24(20-26(25)32)40-19-7-6-8-22-13-16-36(17-14-22)29(39)27(31(33,34)35)23-9-4-3-5-10-23/h3-5,9-12,20,22,27H,6-8,13-19,21H2,1-2H3/t27-/m0/s1. The Labute approximate surface area is 239 Å². The maximum Gasteiger partial charge on any atom is 0.404 e. The lowest BCUT2D eigenvalue weighted by molar-refractivity contribution is -0.172. The molecule has 0 N–H and O–H groups in total.